The SMILES string of the molecule is CCCCCCCCCCOC(=O)CC1NC(=O)C(C(C)C)NC1=O. The number of carbonyl (C=O) groups excluding carboxylic acids is 3. The van der Waals surface area contributed by atoms with E-state index in [0.29, 0.717) is 6.61 Å². The molecule has 1 heterocycles. The van der Waals surface area contributed by atoms with Gasteiger partial charge in [0.2, 0.25) is 11.8 Å². The molecular formula is C19H34N2O4. The molecule has 0 aromatic carbocycles. The molecule has 6 nitrogen and oxygen atoms in total. The second-order valence-corrected chi connectivity index (χ2v) is 7.19. The van der Waals surface area contributed by atoms with E-state index in [4.69, 9.17) is 4.74 Å². The first-order valence-electron chi connectivity index (χ1n) is 9.72. The largest absolute Gasteiger partial charge is 0.466 e. The summed E-state index contributed by atoms with van der Waals surface area (Å²) in [6.07, 6.45) is 9.33. The highest BCUT2D eigenvalue weighted by atomic mass is 16.5. The molecule has 0 saturated carbocycles. The summed E-state index contributed by atoms with van der Waals surface area (Å²) in [6, 6.07) is -1.36. The van der Waals surface area contributed by atoms with Crippen molar-refractivity contribution in [2.75, 3.05) is 6.61 Å². The number of nitrogens with one attached hydrogen (secondary N) is 2. The standard InChI is InChI=1S/C19H34N2O4/c1-4-5-6-7-8-9-10-11-12-25-16(22)13-15-18(23)21-17(14(2)3)19(24)20-15/h14-15,17H,4-13H2,1-3H3,(H,20,24)(H,21,23). The van der Waals surface area contributed by atoms with E-state index in [2.05, 4.69) is 17.6 Å². The molecule has 6 heteroatoms. The zero-order valence-electron chi connectivity index (χ0n) is 15.9. The van der Waals surface area contributed by atoms with Gasteiger partial charge in [-0.3, -0.25) is 14.4 Å². The number of piperazine rings is 1. The molecule has 0 bridgehead atoms. The van der Waals surface area contributed by atoms with Gasteiger partial charge in [0, 0.05) is 0 Å². The average molecular weight is 354 g/mol. The van der Waals surface area contributed by atoms with Gasteiger partial charge < -0.3 is 15.4 Å². The first kappa shape index (κ1) is 21.5. The molecule has 1 aliphatic heterocycles. The van der Waals surface area contributed by atoms with E-state index < -0.39 is 18.1 Å². The fourth-order valence-electron chi connectivity index (χ4n) is 2.91. The highest BCUT2D eigenvalue weighted by molar-refractivity contribution is 5.98. The Bertz CT molecular complexity index is 437. The van der Waals surface area contributed by atoms with Crippen LogP contribution in [-0.4, -0.2) is 36.5 Å². The lowest BCUT2D eigenvalue weighted by Gasteiger charge is -2.31. The number of carbonyl (C=O) groups is 3. The van der Waals surface area contributed by atoms with Crippen molar-refractivity contribution >= 4 is 17.8 Å². The predicted octanol–water partition coefficient (Wildman–Crippen LogP) is 2.70. The van der Waals surface area contributed by atoms with E-state index in [9.17, 15) is 14.4 Å². The maximum atomic E-state index is 12.0. The molecule has 1 aliphatic rings. The maximum Gasteiger partial charge on any atom is 0.308 e. The smallest absolute Gasteiger partial charge is 0.308 e. The molecule has 25 heavy (non-hydrogen) atoms. The summed E-state index contributed by atoms with van der Waals surface area (Å²) >= 11 is 0. The summed E-state index contributed by atoms with van der Waals surface area (Å²) in [4.78, 5) is 35.7. The Morgan fingerprint density at radius 3 is 2.16 bits per heavy atom. The molecule has 1 fully saturated rings. The fraction of sp³-hybridized carbons (Fsp3) is 0.842. The molecule has 0 aromatic heterocycles. The third-order valence-corrected chi connectivity index (χ3v) is 4.51. The number of ether oxygens (including phenoxy) is 1. The second kappa shape index (κ2) is 11.9. The average Bonchev–Trinajstić information content (AvgIpc) is 2.56. The molecule has 1 saturated heterocycles. The Morgan fingerprint density at radius 1 is 0.960 bits per heavy atom. The molecule has 2 unspecified atom stereocenters. The molecule has 2 N–H and O–H groups in total. The van der Waals surface area contributed by atoms with Crippen LogP contribution in [0.1, 0.15) is 78.6 Å². The highest BCUT2D eigenvalue weighted by Crippen LogP contribution is 2.10. The van der Waals surface area contributed by atoms with E-state index >= 15 is 0 Å². The normalized spacial score (nSPS) is 20.3. The van der Waals surface area contributed by atoms with Crippen molar-refractivity contribution in [2.24, 2.45) is 5.92 Å². The zero-order valence-corrected chi connectivity index (χ0v) is 15.9. The van der Waals surface area contributed by atoms with E-state index in [1.165, 1.54) is 38.5 Å². The lowest BCUT2D eigenvalue weighted by atomic mass is 9.99. The van der Waals surface area contributed by atoms with Crippen molar-refractivity contribution in [1.82, 2.24) is 10.6 Å². The van der Waals surface area contributed by atoms with Gasteiger partial charge in [-0.05, 0) is 12.3 Å². The number of esters is 1. The Hall–Kier alpha value is -1.59. The van der Waals surface area contributed by atoms with Gasteiger partial charge in [-0.2, -0.15) is 0 Å². The van der Waals surface area contributed by atoms with Gasteiger partial charge in [-0.1, -0.05) is 65.7 Å². The summed E-state index contributed by atoms with van der Waals surface area (Å²) in [5.41, 5.74) is 0. The summed E-state index contributed by atoms with van der Waals surface area (Å²) < 4.78 is 5.18. The molecule has 0 spiro atoms. The van der Waals surface area contributed by atoms with E-state index in [0.717, 1.165) is 12.8 Å². The molecule has 0 aromatic rings. The van der Waals surface area contributed by atoms with Crippen LogP contribution in [0.4, 0.5) is 0 Å². The van der Waals surface area contributed by atoms with Crippen LogP contribution in [0.2, 0.25) is 0 Å². The summed E-state index contributed by atoms with van der Waals surface area (Å²) in [5, 5.41) is 5.28. The maximum absolute atomic E-state index is 12.0. The Kier molecular flexibility index (Phi) is 10.2. The lowest BCUT2D eigenvalue weighted by Crippen LogP contribution is -2.63. The molecule has 1 rings (SSSR count). The monoisotopic (exact) mass is 354 g/mol. The van der Waals surface area contributed by atoms with Gasteiger partial charge in [-0.25, -0.2) is 0 Å². The Morgan fingerprint density at radius 2 is 1.56 bits per heavy atom. The Labute approximate surface area is 151 Å². The molecule has 0 radical (unpaired) electrons. The minimum absolute atomic E-state index is 0.0128. The van der Waals surface area contributed by atoms with Gasteiger partial charge in [-0.15, -0.1) is 0 Å². The number of hydrogen-bond donors (Lipinski definition) is 2. The van der Waals surface area contributed by atoms with E-state index in [-0.39, 0.29) is 24.2 Å². The first-order valence-corrected chi connectivity index (χ1v) is 9.72. The zero-order chi connectivity index (χ0) is 18.7. The minimum Gasteiger partial charge on any atom is -0.466 e. The first-order chi connectivity index (χ1) is 12.0. The van der Waals surface area contributed by atoms with Gasteiger partial charge in [0.15, 0.2) is 0 Å². The van der Waals surface area contributed by atoms with Crippen LogP contribution in [-0.2, 0) is 19.1 Å². The quantitative estimate of drug-likeness (QED) is 0.417. The number of hydrogen-bond acceptors (Lipinski definition) is 4. The van der Waals surface area contributed by atoms with Crippen LogP contribution in [0.25, 0.3) is 0 Å². The third-order valence-electron chi connectivity index (χ3n) is 4.51. The fourth-order valence-corrected chi connectivity index (χ4v) is 2.91. The topological polar surface area (TPSA) is 84.5 Å². The second-order valence-electron chi connectivity index (χ2n) is 7.19. The van der Waals surface area contributed by atoms with Crippen molar-refractivity contribution in [1.29, 1.82) is 0 Å². The van der Waals surface area contributed by atoms with Gasteiger partial charge >= 0.3 is 5.97 Å². The van der Waals surface area contributed by atoms with Crippen molar-refractivity contribution in [3.8, 4) is 0 Å². The predicted molar refractivity (Wildman–Crippen MR) is 96.9 cm³/mol. The van der Waals surface area contributed by atoms with Crippen molar-refractivity contribution in [2.45, 2.75) is 90.6 Å². The van der Waals surface area contributed by atoms with Gasteiger partial charge in [0.25, 0.3) is 0 Å². The molecule has 2 amide bonds. The summed E-state index contributed by atoms with van der Waals surface area (Å²) in [6.45, 7) is 6.32. The Balaban J connectivity index is 2.12. The number of rotatable bonds is 12. The summed E-state index contributed by atoms with van der Waals surface area (Å²) in [7, 11) is 0. The highest BCUT2D eigenvalue weighted by Gasteiger charge is 2.36. The van der Waals surface area contributed by atoms with Crippen LogP contribution in [0.15, 0.2) is 0 Å². The minimum atomic E-state index is -0.825. The summed E-state index contributed by atoms with van der Waals surface area (Å²) in [5.74, 6) is -0.983. The van der Waals surface area contributed by atoms with E-state index in [1.807, 2.05) is 13.8 Å². The van der Waals surface area contributed by atoms with Crippen LogP contribution in [0.3, 0.4) is 0 Å². The van der Waals surface area contributed by atoms with Crippen LogP contribution >= 0.6 is 0 Å². The number of amides is 2. The molecule has 144 valence electrons. The molecule has 2 atom stereocenters. The number of unbranched alkanes of at least 4 members (excludes halogenated alkanes) is 7. The van der Waals surface area contributed by atoms with Gasteiger partial charge in [0.05, 0.1) is 13.0 Å². The molecule has 0 aliphatic carbocycles. The van der Waals surface area contributed by atoms with Crippen LogP contribution in [0.5, 0.6) is 0 Å². The van der Waals surface area contributed by atoms with E-state index in [1.54, 1.807) is 0 Å². The third kappa shape index (κ3) is 8.36. The molecular weight excluding hydrogens is 320 g/mol. The van der Waals surface area contributed by atoms with Crippen molar-refractivity contribution in [3.05, 3.63) is 0 Å². The van der Waals surface area contributed by atoms with Crippen LogP contribution < -0.4 is 10.6 Å². The van der Waals surface area contributed by atoms with Crippen molar-refractivity contribution in [3.63, 3.8) is 0 Å². The van der Waals surface area contributed by atoms with Crippen molar-refractivity contribution < 1.29 is 19.1 Å². The lowest BCUT2D eigenvalue weighted by molar-refractivity contribution is -0.148. The van der Waals surface area contributed by atoms with Gasteiger partial charge in [0.1, 0.15) is 12.1 Å². The van der Waals surface area contributed by atoms with Crippen LogP contribution in [0, 0.1) is 5.92 Å².